The topological polar surface area (TPSA) is 70.7 Å². The number of rotatable bonds is 4. The van der Waals surface area contributed by atoms with E-state index in [0.717, 1.165) is 24.5 Å². The Labute approximate surface area is 146 Å². The Morgan fingerprint density at radius 1 is 1.00 bits per heavy atom. The molecule has 130 valence electrons. The van der Waals surface area contributed by atoms with Crippen LogP contribution in [0.25, 0.3) is 0 Å². The van der Waals surface area contributed by atoms with Crippen molar-refractivity contribution in [2.75, 3.05) is 41.8 Å². The molecule has 0 atom stereocenters. The van der Waals surface area contributed by atoms with E-state index in [9.17, 15) is 9.59 Å². The molecular weight excluding hydrogens is 318 g/mol. The van der Waals surface area contributed by atoms with Gasteiger partial charge in [0, 0.05) is 24.3 Å². The maximum atomic E-state index is 12.3. The first kappa shape index (κ1) is 17.0. The van der Waals surface area contributed by atoms with Crippen LogP contribution in [0.15, 0.2) is 48.5 Å². The number of ether oxygens (including phenoxy) is 1. The van der Waals surface area contributed by atoms with Gasteiger partial charge in [0.2, 0.25) is 0 Å². The molecule has 0 aromatic heterocycles. The first-order chi connectivity index (χ1) is 12.1. The predicted octanol–water partition coefficient (Wildman–Crippen LogP) is 3.37. The molecule has 0 spiro atoms. The summed E-state index contributed by atoms with van der Waals surface area (Å²) in [6.07, 6.45) is 0. The molecule has 6 nitrogen and oxygen atoms in total. The number of nitrogens with one attached hydrogen (secondary N) is 2. The van der Waals surface area contributed by atoms with Crippen molar-refractivity contribution in [2.45, 2.75) is 6.92 Å². The minimum absolute atomic E-state index is 0.0401. The number of anilines is 3. The summed E-state index contributed by atoms with van der Waals surface area (Å²) in [7, 11) is 0. The molecule has 6 heteroatoms. The van der Waals surface area contributed by atoms with Crippen LogP contribution < -0.4 is 15.5 Å². The fraction of sp³-hybridized carbons (Fsp3) is 0.263. The lowest BCUT2D eigenvalue weighted by Crippen LogP contribution is -2.37. The summed E-state index contributed by atoms with van der Waals surface area (Å²) in [6.45, 7) is 4.44. The van der Waals surface area contributed by atoms with Gasteiger partial charge >= 0.3 is 6.03 Å². The van der Waals surface area contributed by atoms with Crippen LogP contribution in [0.3, 0.4) is 0 Å². The number of para-hydroxylation sites is 2. The second-order valence-corrected chi connectivity index (χ2v) is 5.83. The second kappa shape index (κ2) is 7.81. The van der Waals surface area contributed by atoms with Crippen molar-refractivity contribution in [2.24, 2.45) is 0 Å². The first-order valence-electron chi connectivity index (χ1n) is 8.24. The van der Waals surface area contributed by atoms with Crippen LogP contribution in [-0.2, 0) is 4.74 Å². The molecule has 0 radical (unpaired) electrons. The van der Waals surface area contributed by atoms with E-state index in [1.165, 1.54) is 6.92 Å². The van der Waals surface area contributed by atoms with Crippen LogP contribution >= 0.6 is 0 Å². The number of hydrogen-bond acceptors (Lipinski definition) is 4. The monoisotopic (exact) mass is 339 g/mol. The summed E-state index contributed by atoms with van der Waals surface area (Å²) in [6, 6.07) is 14.2. The van der Waals surface area contributed by atoms with Gasteiger partial charge in [0.1, 0.15) is 0 Å². The van der Waals surface area contributed by atoms with E-state index in [4.69, 9.17) is 4.74 Å². The number of carbonyl (C=O) groups is 2. The number of hydrogen-bond donors (Lipinski definition) is 2. The van der Waals surface area contributed by atoms with Crippen molar-refractivity contribution in [1.82, 2.24) is 0 Å². The highest BCUT2D eigenvalue weighted by Gasteiger charge is 2.15. The highest BCUT2D eigenvalue weighted by atomic mass is 16.5. The van der Waals surface area contributed by atoms with Gasteiger partial charge in [-0.2, -0.15) is 0 Å². The summed E-state index contributed by atoms with van der Waals surface area (Å²) in [4.78, 5) is 26.0. The number of ketones is 1. The highest BCUT2D eigenvalue weighted by Crippen LogP contribution is 2.26. The van der Waals surface area contributed by atoms with Crippen molar-refractivity contribution >= 4 is 28.9 Å². The third kappa shape index (κ3) is 4.36. The molecule has 1 heterocycles. The minimum Gasteiger partial charge on any atom is -0.378 e. The highest BCUT2D eigenvalue weighted by molar-refractivity contribution is 6.03. The molecule has 2 aromatic carbocycles. The van der Waals surface area contributed by atoms with Crippen LogP contribution in [-0.4, -0.2) is 38.1 Å². The standard InChI is InChI=1S/C19H21N3O3/c1-14(23)15-5-4-6-16(13-15)20-19(24)21-17-7-2-3-8-18(17)22-9-11-25-12-10-22/h2-8,13H,9-12H2,1H3,(H2,20,21,24). The molecule has 0 bridgehead atoms. The van der Waals surface area contributed by atoms with E-state index in [1.807, 2.05) is 24.3 Å². The lowest BCUT2D eigenvalue weighted by Gasteiger charge is -2.30. The van der Waals surface area contributed by atoms with E-state index in [2.05, 4.69) is 15.5 Å². The lowest BCUT2D eigenvalue weighted by atomic mass is 10.1. The molecule has 1 aliphatic heterocycles. The van der Waals surface area contributed by atoms with Gasteiger partial charge in [-0.25, -0.2) is 4.79 Å². The van der Waals surface area contributed by atoms with Gasteiger partial charge < -0.3 is 20.3 Å². The number of benzene rings is 2. The predicted molar refractivity (Wildman–Crippen MR) is 98.6 cm³/mol. The summed E-state index contributed by atoms with van der Waals surface area (Å²) in [5, 5.41) is 5.66. The van der Waals surface area contributed by atoms with E-state index in [1.54, 1.807) is 24.3 Å². The van der Waals surface area contributed by atoms with Crippen LogP contribution in [0, 0.1) is 0 Å². The number of morpholine rings is 1. The Morgan fingerprint density at radius 3 is 2.52 bits per heavy atom. The summed E-state index contributed by atoms with van der Waals surface area (Å²) in [5.41, 5.74) is 2.85. The molecule has 1 saturated heterocycles. The molecule has 0 saturated carbocycles. The number of amides is 2. The maximum Gasteiger partial charge on any atom is 0.323 e. The van der Waals surface area contributed by atoms with Gasteiger partial charge in [-0.05, 0) is 31.2 Å². The van der Waals surface area contributed by atoms with Gasteiger partial charge in [-0.1, -0.05) is 24.3 Å². The summed E-state index contributed by atoms with van der Waals surface area (Å²) < 4.78 is 5.38. The Bertz CT molecular complexity index is 770. The second-order valence-electron chi connectivity index (χ2n) is 5.83. The normalized spacial score (nSPS) is 14.0. The molecule has 2 amide bonds. The number of nitrogens with zero attached hydrogens (tertiary/aromatic N) is 1. The van der Waals surface area contributed by atoms with Crippen LogP contribution in [0.1, 0.15) is 17.3 Å². The largest absolute Gasteiger partial charge is 0.378 e. The SMILES string of the molecule is CC(=O)c1cccc(NC(=O)Nc2ccccc2N2CCOCC2)c1. The quantitative estimate of drug-likeness (QED) is 0.838. The lowest BCUT2D eigenvalue weighted by molar-refractivity contribution is 0.101. The van der Waals surface area contributed by atoms with Crippen molar-refractivity contribution in [3.8, 4) is 0 Å². The molecule has 0 aliphatic carbocycles. The van der Waals surface area contributed by atoms with Gasteiger partial charge in [-0.3, -0.25) is 4.79 Å². The molecule has 2 N–H and O–H groups in total. The molecular formula is C19H21N3O3. The number of urea groups is 1. The van der Waals surface area contributed by atoms with Crippen molar-refractivity contribution in [1.29, 1.82) is 0 Å². The maximum absolute atomic E-state index is 12.3. The smallest absolute Gasteiger partial charge is 0.323 e. The molecule has 0 unspecified atom stereocenters. The van der Waals surface area contributed by atoms with Crippen molar-refractivity contribution in [3.63, 3.8) is 0 Å². The summed E-state index contributed by atoms with van der Waals surface area (Å²) >= 11 is 0. The van der Waals surface area contributed by atoms with Gasteiger partial charge in [-0.15, -0.1) is 0 Å². The zero-order valence-electron chi connectivity index (χ0n) is 14.1. The number of carbonyl (C=O) groups excluding carboxylic acids is 2. The van der Waals surface area contributed by atoms with Crippen LogP contribution in [0.5, 0.6) is 0 Å². The zero-order valence-corrected chi connectivity index (χ0v) is 14.1. The Balaban J connectivity index is 1.71. The Kier molecular flexibility index (Phi) is 5.30. The molecule has 1 fully saturated rings. The van der Waals surface area contributed by atoms with E-state index >= 15 is 0 Å². The molecule has 2 aromatic rings. The third-order valence-electron chi connectivity index (χ3n) is 4.03. The molecule has 25 heavy (non-hydrogen) atoms. The third-order valence-corrected chi connectivity index (χ3v) is 4.03. The summed E-state index contributed by atoms with van der Waals surface area (Å²) in [5.74, 6) is -0.0401. The van der Waals surface area contributed by atoms with Crippen LogP contribution in [0.2, 0.25) is 0 Å². The van der Waals surface area contributed by atoms with Crippen molar-refractivity contribution < 1.29 is 14.3 Å². The zero-order chi connectivity index (χ0) is 17.6. The fourth-order valence-electron chi connectivity index (χ4n) is 2.76. The first-order valence-corrected chi connectivity index (χ1v) is 8.24. The van der Waals surface area contributed by atoms with Gasteiger partial charge in [0.25, 0.3) is 0 Å². The average Bonchev–Trinajstić information content (AvgIpc) is 2.63. The fourth-order valence-corrected chi connectivity index (χ4v) is 2.76. The molecule has 3 rings (SSSR count). The van der Waals surface area contributed by atoms with E-state index < -0.39 is 0 Å². The Morgan fingerprint density at radius 2 is 1.76 bits per heavy atom. The number of Topliss-reactive ketones (excluding diaryl/α,β-unsaturated/α-hetero) is 1. The van der Waals surface area contributed by atoms with Crippen molar-refractivity contribution in [3.05, 3.63) is 54.1 Å². The average molecular weight is 339 g/mol. The van der Waals surface area contributed by atoms with Crippen LogP contribution in [0.4, 0.5) is 21.9 Å². The Hall–Kier alpha value is -2.86. The minimum atomic E-state index is -0.346. The molecule has 1 aliphatic rings. The van der Waals surface area contributed by atoms with E-state index in [0.29, 0.717) is 24.5 Å². The van der Waals surface area contributed by atoms with Gasteiger partial charge in [0.05, 0.1) is 24.6 Å². The van der Waals surface area contributed by atoms with E-state index in [-0.39, 0.29) is 11.8 Å². The van der Waals surface area contributed by atoms with Gasteiger partial charge in [0.15, 0.2) is 5.78 Å².